The van der Waals surface area contributed by atoms with Crippen LogP contribution in [0.4, 0.5) is 5.82 Å². The molecule has 0 aliphatic carbocycles. The Balaban J connectivity index is 2.59. The van der Waals surface area contributed by atoms with Crippen molar-refractivity contribution in [3.63, 3.8) is 0 Å². The summed E-state index contributed by atoms with van der Waals surface area (Å²) in [5.41, 5.74) is 6.99. The molecule has 3 heteroatoms. The zero-order chi connectivity index (χ0) is 10.4. The zero-order valence-electron chi connectivity index (χ0n) is 8.96. The van der Waals surface area contributed by atoms with Crippen LogP contribution in [-0.4, -0.2) is 11.5 Å². The average Bonchev–Trinajstić information content (AvgIpc) is 2.26. The van der Waals surface area contributed by atoms with Gasteiger partial charge in [-0.2, -0.15) is 0 Å². The molecule has 0 fully saturated rings. The largest absolute Gasteiger partial charge is 0.370 e. The molecule has 1 atom stereocenters. The predicted molar refractivity (Wildman–Crippen MR) is 60.2 cm³/mol. The van der Waals surface area contributed by atoms with E-state index in [1.807, 2.05) is 18.3 Å². The lowest BCUT2D eigenvalue weighted by Gasteiger charge is -2.09. The molecule has 3 nitrogen and oxygen atoms in total. The van der Waals surface area contributed by atoms with Crippen molar-refractivity contribution in [1.82, 2.24) is 4.98 Å². The molecule has 0 aliphatic heterocycles. The lowest BCUT2D eigenvalue weighted by Crippen LogP contribution is -2.09. The fourth-order valence-corrected chi connectivity index (χ4v) is 1.22. The van der Waals surface area contributed by atoms with Crippen molar-refractivity contribution in [1.29, 1.82) is 0 Å². The molecule has 0 bridgehead atoms. The van der Waals surface area contributed by atoms with E-state index >= 15 is 0 Å². The van der Waals surface area contributed by atoms with Gasteiger partial charge in [-0.25, -0.2) is 4.98 Å². The van der Waals surface area contributed by atoms with E-state index in [1.54, 1.807) is 0 Å². The molecule has 14 heavy (non-hydrogen) atoms. The van der Waals surface area contributed by atoms with Gasteiger partial charge in [0, 0.05) is 18.8 Å². The normalized spacial score (nSPS) is 12.5. The van der Waals surface area contributed by atoms with Crippen molar-refractivity contribution in [2.75, 3.05) is 11.9 Å². The Bertz CT molecular complexity index is 256. The Morgan fingerprint density at radius 1 is 1.43 bits per heavy atom. The summed E-state index contributed by atoms with van der Waals surface area (Å²) >= 11 is 0. The molecule has 3 N–H and O–H groups in total. The smallest absolute Gasteiger partial charge is 0.125 e. The second-order valence-electron chi connectivity index (χ2n) is 3.42. The van der Waals surface area contributed by atoms with Gasteiger partial charge in [-0.3, -0.25) is 0 Å². The van der Waals surface area contributed by atoms with E-state index in [0.29, 0.717) is 0 Å². The quantitative estimate of drug-likeness (QED) is 0.754. The highest BCUT2D eigenvalue weighted by Crippen LogP contribution is 2.13. The van der Waals surface area contributed by atoms with Crippen LogP contribution in [0, 0.1) is 0 Å². The van der Waals surface area contributed by atoms with Crippen molar-refractivity contribution >= 4 is 5.82 Å². The van der Waals surface area contributed by atoms with Crippen LogP contribution in [0.15, 0.2) is 18.3 Å². The van der Waals surface area contributed by atoms with Crippen LogP contribution in [0.3, 0.4) is 0 Å². The van der Waals surface area contributed by atoms with Gasteiger partial charge in [-0.05, 0) is 24.5 Å². The first-order valence-corrected chi connectivity index (χ1v) is 5.23. The summed E-state index contributed by atoms with van der Waals surface area (Å²) in [6.07, 6.45) is 3.91. The fourth-order valence-electron chi connectivity index (χ4n) is 1.22. The topological polar surface area (TPSA) is 50.9 Å². The molecule has 0 spiro atoms. The first-order valence-electron chi connectivity index (χ1n) is 5.23. The fraction of sp³-hybridized carbons (Fsp3) is 0.545. The summed E-state index contributed by atoms with van der Waals surface area (Å²) in [4.78, 5) is 4.29. The monoisotopic (exact) mass is 193 g/mol. The molecule has 1 rings (SSSR count). The zero-order valence-corrected chi connectivity index (χ0v) is 8.96. The standard InChI is InChI=1S/C11H19N3/c1-3-7-13-11-6-5-9(8-14-11)10(12)4-2/h5-6,8,10H,3-4,7,12H2,1-2H3,(H,13,14)/t10-/m0/s1. The molecular formula is C11H19N3. The van der Waals surface area contributed by atoms with Crippen LogP contribution < -0.4 is 11.1 Å². The third-order valence-corrected chi connectivity index (χ3v) is 2.21. The highest BCUT2D eigenvalue weighted by atomic mass is 15.0. The first kappa shape index (κ1) is 11.0. The molecule has 0 aromatic carbocycles. The molecule has 78 valence electrons. The molecule has 1 aromatic rings. The average molecular weight is 193 g/mol. The maximum Gasteiger partial charge on any atom is 0.125 e. The third-order valence-electron chi connectivity index (χ3n) is 2.21. The molecule has 0 amide bonds. The van der Waals surface area contributed by atoms with Crippen molar-refractivity contribution < 1.29 is 0 Å². The van der Waals surface area contributed by atoms with Gasteiger partial charge in [0.05, 0.1) is 0 Å². The van der Waals surface area contributed by atoms with Crippen LogP contribution in [0.25, 0.3) is 0 Å². The van der Waals surface area contributed by atoms with Gasteiger partial charge in [-0.15, -0.1) is 0 Å². The van der Waals surface area contributed by atoms with Crippen molar-refractivity contribution in [2.45, 2.75) is 32.7 Å². The molecular weight excluding hydrogens is 174 g/mol. The third kappa shape index (κ3) is 3.00. The van der Waals surface area contributed by atoms with E-state index in [4.69, 9.17) is 5.73 Å². The number of pyridine rings is 1. The molecule has 1 heterocycles. The number of rotatable bonds is 5. The van der Waals surface area contributed by atoms with Crippen molar-refractivity contribution in [3.05, 3.63) is 23.9 Å². The van der Waals surface area contributed by atoms with Gasteiger partial charge >= 0.3 is 0 Å². The Morgan fingerprint density at radius 3 is 2.71 bits per heavy atom. The Morgan fingerprint density at radius 2 is 2.21 bits per heavy atom. The van der Waals surface area contributed by atoms with Crippen LogP contribution in [0.5, 0.6) is 0 Å². The Hall–Kier alpha value is -1.09. The van der Waals surface area contributed by atoms with Crippen LogP contribution in [-0.2, 0) is 0 Å². The highest BCUT2D eigenvalue weighted by Gasteiger charge is 2.02. The minimum atomic E-state index is 0.114. The molecule has 1 aromatic heterocycles. The highest BCUT2D eigenvalue weighted by molar-refractivity contribution is 5.35. The molecule has 0 aliphatic rings. The van der Waals surface area contributed by atoms with Gasteiger partial charge in [0.2, 0.25) is 0 Å². The van der Waals surface area contributed by atoms with Crippen LogP contribution in [0.2, 0.25) is 0 Å². The van der Waals surface area contributed by atoms with E-state index in [2.05, 4.69) is 24.1 Å². The Kier molecular flexibility index (Phi) is 4.40. The number of hydrogen-bond donors (Lipinski definition) is 2. The first-order chi connectivity index (χ1) is 6.77. The van der Waals surface area contributed by atoms with Crippen molar-refractivity contribution in [3.8, 4) is 0 Å². The van der Waals surface area contributed by atoms with E-state index in [0.717, 1.165) is 30.8 Å². The minimum absolute atomic E-state index is 0.114. The molecule has 0 saturated heterocycles. The SMILES string of the molecule is CCCNc1ccc([C@@H](N)CC)cn1. The minimum Gasteiger partial charge on any atom is -0.370 e. The van der Waals surface area contributed by atoms with Gasteiger partial charge in [0.25, 0.3) is 0 Å². The Labute approximate surface area is 85.7 Å². The van der Waals surface area contributed by atoms with Crippen molar-refractivity contribution in [2.24, 2.45) is 5.73 Å². The number of nitrogens with one attached hydrogen (secondary N) is 1. The number of anilines is 1. The predicted octanol–water partition coefficient (Wildman–Crippen LogP) is 2.31. The van der Waals surface area contributed by atoms with Gasteiger partial charge in [-0.1, -0.05) is 19.9 Å². The number of nitrogens with zero attached hydrogens (tertiary/aromatic N) is 1. The van der Waals surface area contributed by atoms with Gasteiger partial charge in [0.1, 0.15) is 5.82 Å². The van der Waals surface area contributed by atoms with Crippen LogP contribution in [0.1, 0.15) is 38.3 Å². The summed E-state index contributed by atoms with van der Waals surface area (Å²) in [6, 6.07) is 4.14. The maximum atomic E-state index is 5.88. The molecule has 0 saturated carbocycles. The van der Waals surface area contributed by atoms with E-state index in [-0.39, 0.29) is 6.04 Å². The molecule has 0 unspecified atom stereocenters. The number of hydrogen-bond acceptors (Lipinski definition) is 3. The summed E-state index contributed by atoms with van der Waals surface area (Å²) in [7, 11) is 0. The van der Waals surface area contributed by atoms with E-state index in [1.165, 1.54) is 0 Å². The lowest BCUT2D eigenvalue weighted by atomic mass is 10.1. The van der Waals surface area contributed by atoms with E-state index < -0.39 is 0 Å². The second kappa shape index (κ2) is 5.60. The summed E-state index contributed by atoms with van der Waals surface area (Å²) < 4.78 is 0. The summed E-state index contributed by atoms with van der Waals surface area (Å²) in [6.45, 7) is 5.18. The number of aromatic nitrogens is 1. The lowest BCUT2D eigenvalue weighted by molar-refractivity contribution is 0.695. The maximum absolute atomic E-state index is 5.88. The van der Waals surface area contributed by atoms with Gasteiger partial charge < -0.3 is 11.1 Å². The summed E-state index contributed by atoms with van der Waals surface area (Å²) in [5.74, 6) is 0.930. The van der Waals surface area contributed by atoms with Gasteiger partial charge in [0.15, 0.2) is 0 Å². The molecule has 0 radical (unpaired) electrons. The number of nitrogens with two attached hydrogens (primary N) is 1. The summed E-state index contributed by atoms with van der Waals surface area (Å²) in [5, 5.41) is 3.23. The second-order valence-corrected chi connectivity index (χ2v) is 3.42. The van der Waals surface area contributed by atoms with Crippen LogP contribution >= 0.6 is 0 Å². The van der Waals surface area contributed by atoms with E-state index in [9.17, 15) is 0 Å².